The number of nitrogens with one attached hydrogen (secondary N) is 3. The van der Waals surface area contributed by atoms with Crippen molar-refractivity contribution in [1.29, 1.82) is 0 Å². The average Bonchev–Trinajstić information content (AvgIpc) is 3.70. The number of nitrogens with two attached hydrogens (primary N) is 1. The molecule has 0 unspecified atom stereocenters. The van der Waals surface area contributed by atoms with Crippen molar-refractivity contribution in [3.05, 3.63) is 82.1 Å². The molecule has 17 heteroatoms. The Hall–Kier alpha value is -5.71. The summed E-state index contributed by atoms with van der Waals surface area (Å²) in [5.74, 6) is -4.77. The molecule has 0 atom stereocenters. The number of rotatable bonds is 7. The normalized spacial score (nSPS) is 11.7. The number of carboxylic acids is 1. The molecule has 6 rings (SSSR count). The number of esters is 1. The number of quaternary nitrogens is 1. The number of anilines is 1. The van der Waals surface area contributed by atoms with Crippen LogP contribution in [0.1, 0.15) is 16.1 Å². The van der Waals surface area contributed by atoms with Crippen LogP contribution in [0.5, 0.6) is 0 Å². The van der Waals surface area contributed by atoms with Crippen molar-refractivity contribution in [3.63, 3.8) is 0 Å². The molecule has 0 aliphatic rings. The lowest BCUT2D eigenvalue weighted by Gasteiger charge is -2.14. The van der Waals surface area contributed by atoms with Crippen LogP contribution in [0, 0.1) is 11.6 Å². The first-order valence-electron chi connectivity index (χ1n) is 13.7. The van der Waals surface area contributed by atoms with Crippen LogP contribution < -0.4 is 21.3 Å². The number of likely N-dealkylation sites (N-methyl/N-ethyl adjacent to an activating group) is 1. The first kappa shape index (κ1) is 32.7. The Kier molecular flexibility index (Phi) is 8.75. The highest BCUT2D eigenvalue weighted by Gasteiger charge is 2.31. The third-order valence-corrected chi connectivity index (χ3v) is 7.15. The van der Waals surface area contributed by atoms with E-state index in [9.17, 15) is 22.8 Å². The number of ether oxygens (including phenoxy) is 1. The summed E-state index contributed by atoms with van der Waals surface area (Å²) in [6, 6.07) is 8.66. The third kappa shape index (κ3) is 6.37. The molecule has 0 spiro atoms. The van der Waals surface area contributed by atoms with Crippen molar-refractivity contribution in [2.45, 2.75) is 12.7 Å². The molecule has 4 aromatic heterocycles. The molecule has 4 heterocycles. The van der Waals surface area contributed by atoms with Crippen molar-refractivity contribution >= 4 is 50.5 Å². The summed E-state index contributed by atoms with van der Waals surface area (Å²) in [5, 5.41) is 16.4. The number of hydrogen-bond donors (Lipinski definition) is 4. The largest absolute Gasteiger partial charge is 0.542 e. The van der Waals surface area contributed by atoms with Crippen molar-refractivity contribution < 1.29 is 50.7 Å². The van der Waals surface area contributed by atoms with E-state index in [1.54, 1.807) is 12.1 Å². The van der Waals surface area contributed by atoms with Gasteiger partial charge in [-0.15, -0.1) is 0 Å². The maximum Gasteiger partial charge on any atom is 0.430 e. The van der Waals surface area contributed by atoms with Crippen LogP contribution in [-0.4, -0.2) is 65.1 Å². The fraction of sp³-hybridized carbons (Fsp3) is 0.200. The van der Waals surface area contributed by atoms with Gasteiger partial charge in [0.1, 0.15) is 42.0 Å². The number of aliphatic carboxylic acids is 1. The molecule has 6 aromatic rings. The number of aromatic amines is 2. The van der Waals surface area contributed by atoms with Crippen molar-refractivity contribution in [1.82, 2.24) is 19.7 Å². The summed E-state index contributed by atoms with van der Waals surface area (Å²) in [6.07, 6.45) is -2.40. The van der Waals surface area contributed by atoms with Gasteiger partial charge in [0.2, 0.25) is 0 Å². The first-order valence-corrected chi connectivity index (χ1v) is 13.7. The Morgan fingerprint density at radius 2 is 1.85 bits per heavy atom. The van der Waals surface area contributed by atoms with Crippen LogP contribution in [-0.2, 0) is 16.1 Å². The van der Waals surface area contributed by atoms with E-state index >= 15 is 8.78 Å². The predicted molar refractivity (Wildman–Crippen MR) is 156 cm³/mol. The number of fused-ring (bicyclic) bond motifs is 4. The number of alkyl halides is 3. The van der Waals surface area contributed by atoms with Gasteiger partial charge in [-0.1, -0.05) is 0 Å². The number of aromatic nitrogens is 4. The molecule has 0 saturated heterocycles. The van der Waals surface area contributed by atoms with Crippen molar-refractivity contribution in [3.8, 4) is 11.1 Å². The highest BCUT2D eigenvalue weighted by atomic mass is 19.4. The van der Waals surface area contributed by atoms with Gasteiger partial charge in [-0.05, 0) is 36.4 Å². The smallest absolute Gasteiger partial charge is 0.430 e. The summed E-state index contributed by atoms with van der Waals surface area (Å²) in [7, 11) is 3.83. The van der Waals surface area contributed by atoms with Gasteiger partial charge in [-0.25, -0.2) is 13.6 Å². The number of halogens is 5. The van der Waals surface area contributed by atoms with E-state index in [-0.39, 0.29) is 57.8 Å². The van der Waals surface area contributed by atoms with E-state index in [1.807, 2.05) is 14.1 Å². The van der Waals surface area contributed by atoms with E-state index in [1.165, 1.54) is 41.3 Å². The average molecular weight is 661 g/mol. The zero-order valence-corrected chi connectivity index (χ0v) is 24.6. The predicted octanol–water partition coefficient (Wildman–Crippen LogP) is 2.13. The van der Waals surface area contributed by atoms with E-state index < -0.39 is 35.3 Å². The number of carboxylic acid groups (broad SMARTS) is 1. The summed E-state index contributed by atoms with van der Waals surface area (Å²) in [4.78, 5) is 39.3. The summed E-state index contributed by atoms with van der Waals surface area (Å²) in [5.41, 5.74) is 6.73. The zero-order chi connectivity index (χ0) is 34.2. The second-order valence-corrected chi connectivity index (χ2v) is 10.6. The molecule has 0 fully saturated rings. The Balaban J connectivity index is 0.000000559. The Morgan fingerprint density at radius 1 is 1.13 bits per heavy atom. The molecule has 0 bridgehead atoms. The van der Waals surface area contributed by atoms with Crippen LogP contribution in [0.2, 0.25) is 0 Å². The number of pyridine rings is 1. The van der Waals surface area contributed by atoms with E-state index in [4.69, 9.17) is 24.8 Å². The molecule has 0 radical (unpaired) electrons. The second kappa shape index (κ2) is 12.6. The lowest BCUT2D eigenvalue weighted by molar-refractivity contribution is -0.858. The van der Waals surface area contributed by atoms with E-state index in [0.29, 0.717) is 22.8 Å². The van der Waals surface area contributed by atoms with Gasteiger partial charge >= 0.3 is 12.1 Å². The highest BCUT2D eigenvalue weighted by molar-refractivity contribution is 6.17. The number of H-pyrrole nitrogens is 2. The van der Waals surface area contributed by atoms with Crippen LogP contribution in [0.3, 0.4) is 0 Å². The molecule has 0 aliphatic heterocycles. The molecular formula is C30H25F5N6O6. The summed E-state index contributed by atoms with van der Waals surface area (Å²) in [6.45, 7) is 0.404. The quantitative estimate of drug-likeness (QED) is 0.149. The third-order valence-electron chi connectivity index (χ3n) is 7.15. The molecule has 5 N–H and O–H groups in total. The van der Waals surface area contributed by atoms with Gasteiger partial charge in [0, 0.05) is 22.7 Å². The fourth-order valence-electron chi connectivity index (χ4n) is 4.97. The second-order valence-electron chi connectivity index (χ2n) is 10.6. The molecule has 246 valence electrons. The lowest BCUT2D eigenvalue weighted by Crippen LogP contribution is -3.06. The Labute approximate surface area is 260 Å². The van der Waals surface area contributed by atoms with Crippen LogP contribution in [0.25, 0.3) is 43.9 Å². The summed E-state index contributed by atoms with van der Waals surface area (Å²) < 4.78 is 75.0. The fourth-order valence-corrected chi connectivity index (χ4v) is 4.97. The topological polar surface area (TPSA) is 176 Å². The number of furan rings is 1. The Bertz CT molecular complexity index is 2200. The van der Waals surface area contributed by atoms with Gasteiger partial charge in [0.15, 0.2) is 5.82 Å². The van der Waals surface area contributed by atoms with Crippen LogP contribution >= 0.6 is 0 Å². The molecule has 47 heavy (non-hydrogen) atoms. The van der Waals surface area contributed by atoms with Crippen LogP contribution in [0.15, 0.2) is 58.1 Å². The number of nitrogen functional groups attached to an aromatic ring is 1. The van der Waals surface area contributed by atoms with Crippen molar-refractivity contribution in [2.24, 2.45) is 0 Å². The maximum atomic E-state index is 15.3. The van der Waals surface area contributed by atoms with Gasteiger partial charge < -0.3 is 39.2 Å². The van der Waals surface area contributed by atoms with Crippen LogP contribution in [0.4, 0.5) is 27.8 Å². The molecule has 0 saturated carbocycles. The van der Waals surface area contributed by atoms with Gasteiger partial charge in [-0.2, -0.15) is 18.3 Å². The monoisotopic (exact) mass is 660 g/mol. The molecular weight excluding hydrogens is 635 g/mol. The minimum Gasteiger partial charge on any atom is -0.542 e. The number of benzene rings is 2. The summed E-state index contributed by atoms with van der Waals surface area (Å²) >= 11 is 0. The van der Waals surface area contributed by atoms with E-state index in [2.05, 4.69) is 15.2 Å². The van der Waals surface area contributed by atoms with Gasteiger partial charge in [-0.3, -0.25) is 9.89 Å². The molecule has 12 nitrogen and oxygen atoms in total. The minimum atomic E-state index is -5.19. The number of hydrogen-bond acceptors (Lipinski definition) is 8. The standard InChI is InChI=1S/C28H24F2N6O4.C2HF3O2/c1-35(2)7-9-40-28(38)24-22(16-4-3-6-32-27(16)37)23-21(12-19(30)15-5-8-39-25(15)23)36(24)13-14-10-17-20(11-18(14)29)33-34-26(17)31;3-2(4,5)1(6)7/h3-6,8,10-12H,7,9,13H2,1-2H3,(H,32,37)(H3,31,33,34);(H,6,7). The first-order chi connectivity index (χ1) is 22.2. The molecule has 2 aromatic carbocycles. The SMILES string of the molecule is C[NH+](C)CCOC(=O)c1c(-c2ccc[nH]c2=O)c2c3occc3c(F)cc2n1Cc1cc2c(N)n[nH]c2cc1F.O=C([O-])C(F)(F)F. The number of carbonyl (C=O) groups excluding carboxylic acids is 2. The maximum absolute atomic E-state index is 15.3. The lowest BCUT2D eigenvalue weighted by atomic mass is 10.0. The molecule has 0 amide bonds. The Morgan fingerprint density at radius 3 is 2.51 bits per heavy atom. The van der Waals surface area contributed by atoms with Gasteiger partial charge in [0.05, 0.1) is 54.3 Å². The van der Waals surface area contributed by atoms with Gasteiger partial charge in [0.25, 0.3) is 5.56 Å². The van der Waals surface area contributed by atoms with Crippen molar-refractivity contribution in [2.75, 3.05) is 33.0 Å². The van der Waals surface area contributed by atoms with E-state index in [0.717, 1.165) is 4.90 Å². The number of nitrogens with zero attached hydrogens (tertiary/aromatic N) is 2. The highest BCUT2D eigenvalue weighted by Crippen LogP contribution is 2.41. The minimum absolute atomic E-state index is 0.0385. The number of carbonyl (C=O) groups is 2. The molecule has 0 aliphatic carbocycles. The zero-order valence-electron chi connectivity index (χ0n) is 24.6.